The molecule has 0 aliphatic carbocycles. The molecule has 0 aliphatic rings. The largest absolute Gasteiger partial charge is 0.480 e. The van der Waals surface area contributed by atoms with Crippen LogP contribution in [0, 0.1) is 0 Å². The van der Waals surface area contributed by atoms with Crippen LogP contribution in [0.4, 0.5) is 0 Å². The predicted molar refractivity (Wildman–Crippen MR) is 103 cm³/mol. The molecule has 0 aromatic rings. The van der Waals surface area contributed by atoms with Crippen molar-refractivity contribution < 1.29 is 24.9 Å². The van der Waals surface area contributed by atoms with E-state index in [4.69, 9.17) is 10.2 Å². The molecular weight excluding hydrogens is 334 g/mol. The van der Waals surface area contributed by atoms with Gasteiger partial charge in [0.1, 0.15) is 6.04 Å². The Bertz CT molecular complexity index is 362. The molecule has 4 N–H and O–H groups in total. The number of carbonyl (C=O) groups is 2. The van der Waals surface area contributed by atoms with Gasteiger partial charge in [-0.1, -0.05) is 77.6 Å². The second kappa shape index (κ2) is 17.3. The van der Waals surface area contributed by atoms with Crippen molar-refractivity contribution in [2.45, 2.75) is 109 Å². The second-order valence-electron chi connectivity index (χ2n) is 7.15. The Morgan fingerprint density at radius 1 is 0.846 bits per heavy atom. The maximum atomic E-state index is 11.7. The van der Waals surface area contributed by atoms with Gasteiger partial charge in [0.05, 0.1) is 12.5 Å². The quantitative estimate of drug-likeness (QED) is 0.276. The lowest BCUT2D eigenvalue weighted by atomic mass is 10.0. The summed E-state index contributed by atoms with van der Waals surface area (Å²) in [6.07, 6.45) is 13.3. The van der Waals surface area contributed by atoms with Gasteiger partial charge >= 0.3 is 5.97 Å². The van der Waals surface area contributed by atoms with E-state index in [1.807, 2.05) is 0 Å². The normalized spacial score (nSPS) is 13.3. The summed E-state index contributed by atoms with van der Waals surface area (Å²) in [5.74, 6) is -1.66. The first-order valence-corrected chi connectivity index (χ1v) is 10.3. The number of hydrogen-bond acceptors (Lipinski definition) is 4. The number of aliphatic hydroxyl groups excluding tert-OH is 2. The van der Waals surface area contributed by atoms with Gasteiger partial charge in [0.15, 0.2) is 0 Å². The number of carboxylic acid groups (broad SMARTS) is 1. The van der Waals surface area contributed by atoms with Gasteiger partial charge in [0.25, 0.3) is 0 Å². The fourth-order valence-corrected chi connectivity index (χ4v) is 3.00. The minimum Gasteiger partial charge on any atom is -0.480 e. The summed E-state index contributed by atoms with van der Waals surface area (Å²) in [5.41, 5.74) is 0. The molecule has 6 heteroatoms. The lowest BCUT2D eigenvalue weighted by molar-refractivity contribution is -0.142. The Labute approximate surface area is 158 Å². The first kappa shape index (κ1) is 24.9. The van der Waals surface area contributed by atoms with Crippen molar-refractivity contribution in [1.82, 2.24) is 5.32 Å². The molecule has 1 unspecified atom stereocenters. The van der Waals surface area contributed by atoms with Gasteiger partial charge in [-0.3, -0.25) is 4.79 Å². The lowest BCUT2D eigenvalue weighted by Gasteiger charge is -2.15. The zero-order valence-electron chi connectivity index (χ0n) is 16.4. The zero-order valence-corrected chi connectivity index (χ0v) is 16.4. The smallest absolute Gasteiger partial charge is 0.326 e. The number of aliphatic carboxylic acids is 1. The Morgan fingerprint density at radius 3 is 1.81 bits per heavy atom. The monoisotopic (exact) mass is 373 g/mol. The molecule has 2 atom stereocenters. The second-order valence-corrected chi connectivity index (χ2v) is 7.15. The van der Waals surface area contributed by atoms with Crippen molar-refractivity contribution in [1.29, 1.82) is 0 Å². The topological polar surface area (TPSA) is 107 Å². The Kier molecular flexibility index (Phi) is 16.5. The van der Waals surface area contributed by atoms with Gasteiger partial charge < -0.3 is 20.6 Å². The molecule has 0 heterocycles. The van der Waals surface area contributed by atoms with E-state index in [9.17, 15) is 14.7 Å². The van der Waals surface area contributed by atoms with E-state index >= 15 is 0 Å². The Morgan fingerprint density at radius 2 is 1.35 bits per heavy atom. The molecule has 0 fully saturated rings. The summed E-state index contributed by atoms with van der Waals surface area (Å²) >= 11 is 0. The van der Waals surface area contributed by atoms with E-state index in [0.29, 0.717) is 6.42 Å². The predicted octanol–water partition coefficient (Wildman–Crippen LogP) is 3.39. The number of unbranched alkanes of at least 4 members (excludes halogenated alkanes) is 10. The molecule has 26 heavy (non-hydrogen) atoms. The van der Waals surface area contributed by atoms with Crippen LogP contribution in [0.15, 0.2) is 0 Å². The summed E-state index contributed by atoms with van der Waals surface area (Å²) in [7, 11) is 0. The Hall–Kier alpha value is -1.14. The van der Waals surface area contributed by atoms with E-state index in [0.717, 1.165) is 19.3 Å². The molecule has 0 bridgehead atoms. The summed E-state index contributed by atoms with van der Waals surface area (Å²) in [5, 5.41) is 29.9. The van der Waals surface area contributed by atoms with E-state index < -0.39 is 24.0 Å². The summed E-state index contributed by atoms with van der Waals surface area (Å²) in [6.45, 7) is 1.92. The molecule has 0 saturated carbocycles. The van der Waals surface area contributed by atoms with Crippen LogP contribution in [-0.2, 0) is 9.59 Å². The number of hydrogen-bond donors (Lipinski definition) is 4. The molecule has 0 aromatic heterocycles. The first-order valence-electron chi connectivity index (χ1n) is 10.3. The Balaban J connectivity index is 3.57. The first-order chi connectivity index (χ1) is 12.5. The van der Waals surface area contributed by atoms with Gasteiger partial charge in [0, 0.05) is 13.0 Å². The number of rotatable bonds is 18. The molecular formula is C20H39NO5. The highest BCUT2D eigenvalue weighted by Gasteiger charge is 2.20. The van der Waals surface area contributed by atoms with E-state index in [1.165, 1.54) is 51.4 Å². The molecule has 0 spiro atoms. The van der Waals surface area contributed by atoms with Gasteiger partial charge in [-0.25, -0.2) is 4.79 Å². The van der Waals surface area contributed by atoms with Crippen molar-refractivity contribution >= 4 is 11.9 Å². The number of amides is 1. The van der Waals surface area contributed by atoms with Crippen LogP contribution in [0.1, 0.15) is 96.8 Å². The molecule has 0 aliphatic heterocycles. The fraction of sp³-hybridized carbons (Fsp3) is 0.900. The van der Waals surface area contributed by atoms with Crippen molar-refractivity contribution in [2.24, 2.45) is 0 Å². The van der Waals surface area contributed by atoms with Gasteiger partial charge in [-0.15, -0.1) is 0 Å². The van der Waals surface area contributed by atoms with Crippen LogP contribution >= 0.6 is 0 Å². The average Bonchev–Trinajstić information content (AvgIpc) is 2.59. The van der Waals surface area contributed by atoms with Crippen molar-refractivity contribution in [3.8, 4) is 0 Å². The van der Waals surface area contributed by atoms with E-state index in [-0.39, 0.29) is 19.4 Å². The highest BCUT2D eigenvalue weighted by atomic mass is 16.4. The van der Waals surface area contributed by atoms with Crippen LogP contribution in [0.25, 0.3) is 0 Å². The minimum atomic E-state index is -1.17. The molecule has 1 amide bonds. The van der Waals surface area contributed by atoms with Crippen molar-refractivity contribution in [3.63, 3.8) is 0 Å². The van der Waals surface area contributed by atoms with Gasteiger partial charge in [-0.05, 0) is 6.42 Å². The molecule has 0 aromatic carbocycles. The third-order valence-electron chi connectivity index (χ3n) is 4.61. The number of nitrogens with one attached hydrogen (secondary N) is 1. The van der Waals surface area contributed by atoms with E-state index in [2.05, 4.69) is 12.2 Å². The zero-order chi connectivity index (χ0) is 19.6. The minimum absolute atomic E-state index is 0.0320. The SMILES string of the molecule is CCCCCCCCCCCCCC(O)CC(=O)N[C@@H](CCO)C(=O)O. The molecule has 6 nitrogen and oxygen atoms in total. The van der Waals surface area contributed by atoms with Crippen LogP contribution in [0.2, 0.25) is 0 Å². The fourth-order valence-electron chi connectivity index (χ4n) is 3.00. The van der Waals surface area contributed by atoms with Gasteiger partial charge in [-0.2, -0.15) is 0 Å². The summed E-state index contributed by atoms with van der Waals surface area (Å²) in [4.78, 5) is 22.6. The number of carbonyl (C=O) groups excluding carboxylic acids is 1. The van der Waals surface area contributed by atoms with Crippen LogP contribution in [0.3, 0.4) is 0 Å². The highest BCUT2D eigenvalue weighted by molar-refractivity contribution is 5.83. The number of carboxylic acids is 1. The van der Waals surface area contributed by atoms with Crippen LogP contribution in [0.5, 0.6) is 0 Å². The molecule has 154 valence electrons. The maximum Gasteiger partial charge on any atom is 0.326 e. The van der Waals surface area contributed by atoms with Crippen molar-refractivity contribution in [3.05, 3.63) is 0 Å². The standard InChI is InChI=1S/C20H39NO5/c1-2-3-4-5-6-7-8-9-10-11-12-13-17(23)16-19(24)21-18(14-15-22)20(25)26/h17-18,22-23H,2-16H2,1H3,(H,21,24)(H,25,26)/t17?,18-/m0/s1. The van der Waals surface area contributed by atoms with Crippen LogP contribution < -0.4 is 5.32 Å². The van der Waals surface area contributed by atoms with Crippen LogP contribution in [-0.4, -0.2) is 45.9 Å². The lowest BCUT2D eigenvalue weighted by Crippen LogP contribution is -2.42. The number of aliphatic hydroxyl groups is 2. The molecule has 0 saturated heterocycles. The highest BCUT2D eigenvalue weighted by Crippen LogP contribution is 2.13. The van der Waals surface area contributed by atoms with Gasteiger partial charge in [0.2, 0.25) is 5.91 Å². The van der Waals surface area contributed by atoms with E-state index in [1.54, 1.807) is 0 Å². The average molecular weight is 374 g/mol. The third-order valence-corrected chi connectivity index (χ3v) is 4.61. The third kappa shape index (κ3) is 15.1. The molecule has 0 radical (unpaired) electrons. The van der Waals surface area contributed by atoms with Crippen molar-refractivity contribution in [2.75, 3.05) is 6.61 Å². The molecule has 0 rings (SSSR count). The summed E-state index contributed by atoms with van der Waals surface area (Å²) in [6, 6.07) is -1.10. The maximum absolute atomic E-state index is 11.7. The summed E-state index contributed by atoms with van der Waals surface area (Å²) < 4.78 is 0.